The molecule has 0 radical (unpaired) electrons. The molecule has 0 amide bonds. The van der Waals surface area contributed by atoms with Gasteiger partial charge in [-0.3, -0.25) is 0 Å². The zero-order valence-corrected chi connectivity index (χ0v) is 6.76. The number of methoxy groups -OCH3 is 1. The molecule has 0 bridgehead atoms. The molecular weight excluding hydrogens is 150 g/mol. The molecule has 1 unspecified atom stereocenters. The lowest BCUT2D eigenvalue weighted by Crippen LogP contribution is -2.31. The van der Waals surface area contributed by atoms with Crippen molar-refractivity contribution < 1.29 is 4.74 Å². The van der Waals surface area contributed by atoms with Crippen molar-refractivity contribution in [3.05, 3.63) is 0 Å². The largest absolute Gasteiger partial charge is 0.380 e. The van der Waals surface area contributed by atoms with Crippen LogP contribution in [0.25, 0.3) is 0 Å². The third kappa shape index (κ3) is 1.30. The minimum atomic E-state index is -0.0162. The second-order valence-electron chi connectivity index (χ2n) is 2.04. The molecule has 1 atom stereocenters. The van der Waals surface area contributed by atoms with Gasteiger partial charge in [0.2, 0.25) is 5.11 Å². The van der Waals surface area contributed by atoms with Crippen LogP contribution in [0.4, 0.5) is 0 Å². The fourth-order valence-electron chi connectivity index (χ4n) is 0.686. The third-order valence-corrected chi connectivity index (χ3v) is 1.71. The smallest absolute Gasteiger partial charge is 0.217 e. The molecule has 0 aromatic heterocycles. The van der Waals surface area contributed by atoms with E-state index in [1.165, 1.54) is 0 Å². The van der Waals surface area contributed by atoms with Crippen molar-refractivity contribution >= 4 is 17.3 Å². The number of azo groups is 1. The molecule has 10 heavy (non-hydrogen) atoms. The molecular formula is C5H9N3OS. The lowest BCUT2D eigenvalue weighted by Gasteiger charge is -2.15. The Labute approximate surface area is 64.9 Å². The fourth-order valence-corrected chi connectivity index (χ4v) is 0.855. The maximum absolute atomic E-state index is 4.89. The van der Waals surface area contributed by atoms with Crippen molar-refractivity contribution in [1.29, 1.82) is 0 Å². The van der Waals surface area contributed by atoms with Crippen LogP contribution < -0.4 is 0 Å². The van der Waals surface area contributed by atoms with Gasteiger partial charge in [0.15, 0.2) is 6.17 Å². The highest BCUT2D eigenvalue weighted by molar-refractivity contribution is 7.80. The van der Waals surface area contributed by atoms with Crippen LogP contribution in [0.5, 0.6) is 0 Å². The molecule has 1 aliphatic rings. The van der Waals surface area contributed by atoms with Gasteiger partial charge in [0.1, 0.15) is 0 Å². The standard InChI is InChI=1S/C5H9N3OS/c1-8-4(3-9-2)6-7-5(8)10/h4H,3H2,1-2H3. The number of ether oxygens (including phenoxy) is 1. The highest BCUT2D eigenvalue weighted by Crippen LogP contribution is 2.09. The molecule has 0 aromatic carbocycles. The fraction of sp³-hybridized carbons (Fsp3) is 0.800. The minimum absolute atomic E-state index is 0.0162. The molecule has 0 fully saturated rings. The minimum Gasteiger partial charge on any atom is -0.380 e. The van der Waals surface area contributed by atoms with Crippen molar-refractivity contribution in [2.75, 3.05) is 20.8 Å². The first-order chi connectivity index (χ1) is 4.75. The molecule has 0 aromatic rings. The van der Waals surface area contributed by atoms with E-state index in [1.54, 1.807) is 12.0 Å². The average Bonchev–Trinajstić information content (AvgIpc) is 2.20. The molecule has 0 saturated carbocycles. The number of thiocarbonyl (C=S) groups is 1. The van der Waals surface area contributed by atoms with E-state index < -0.39 is 0 Å². The maximum Gasteiger partial charge on any atom is 0.217 e. The molecule has 0 aliphatic carbocycles. The van der Waals surface area contributed by atoms with Crippen LogP contribution in [0.2, 0.25) is 0 Å². The zero-order chi connectivity index (χ0) is 7.56. The summed E-state index contributed by atoms with van der Waals surface area (Å²) in [5.41, 5.74) is 0. The molecule has 1 heterocycles. The maximum atomic E-state index is 4.89. The van der Waals surface area contributed by atoms with E-state index in [2.05, 4.69) is 10.2 Å². The van der Waals surface area contributed by atoms with Gasteiger partial charge in [-0.2, -0.15) is 5.11 Å². The van der Waals surface area contributed by atoms with Crippen molar-refractivity contribution in [1.82, 2.24) is 4.90 Å². The van der Waals surface area contributed by atoms with Gasteiger partial charge >= 0.3 is 0 Å². The van der Waals surface area contributed by atoms with Gasteiger partial charge in [0.25, 0.3) is 0 Å². The molecule has 5 heteroatoms. The molecule has 0 saturated heterocycles. The Morgan fingerprint density at radius 1 is 1.80 bits per heavy atom. The number of nitrogens with zero attached hydrogens (tertiary/aromatic N) is 3. The second kappa shape index (κ2) is 3.03. The van der Waals surface area contributed by atoms with E-state index in [0.717, 1.165) is 0 Å². The number of hydrogen-bond acceptors (Lipinski definition) is 3. The summed E-state index contributed by atoms with van der Waals surface area (Å²) in [5.74, 6) is 0. The summed E-state index contributed by atoms with van der Waals surface area (Å²) < 4.78 is 4.89. The van der Waals surface area contributed by atoms with E-state index in [4.69, 9.17) is 17.0 Å². The van der Waals surface area contributed by atoms with Crippen LogP contribution in [0.1, 0.15) is 0 Å². The summed E-state index contributed by atoms with van der Waals surface area (Å²) in [6.45, 7) is 0.542. The quantitative estimate of drug-likeness (QED) is 0.555. The molecule has 0 spiro atoms. The predicted octanol–water partition coefficient (Wildman–Crippen LogP) is 0.641. The Hall–Kier alpha value is -0.550. The van der Waals surface area contributed by atoms with Crippen LogP contribution in [0, 0.1) is 0 Å². The lowest BCUT2D eigenvalue weighted by molar-refractivity contribution is 0.146. The lowest BCUT2D eigenvalue weighted by atomic mass is 10.5. The highest BCUT2D eigenvalue weighted by Gasteiger charge is 2.21. The van der Waals surface area contributed by atoms with Gasteiger partial charge in [0.05, 0.1) is 6.61 Å². The Bertz CT molecular complexity index is 170. The predicted molar refractivity (Wildman–Crippen MR) is 40.9 cm³/mol. The number of rotatable bonds is 2. The van der Waals surface area contributed by atoms with Gasteiger partial charge in [-0.05, 0) is 12.2 Å². The Morgan fingerprint density at radius 3 is 2.90 bits per heavy atom. The average molecular weight is 159 g/mol. The molecule has 56 valence electrons. The summed E-state index contributed by atoms with van der Waals surface area (Å²) in [6, 6.07) is 0. The molecule has 4 nitrogen and oxygen atoms in total. The van der Waals surface area contributed by atoms with Gasteiger partial charge < -0.3 is 9.64 Å². The van der Waals surface area contributed by atoms with E-state index in [0.29, 0.717) is 11.7 Å². The molecule has 0 N–H and O–H groups in total. The van der Waals surface area contributed by atoms with Crippen LogP contribution in [0.15, 0.2) is 10.2 Å². The van der Waals surface area contributed by atoms with Gasteiger partial charge in [-0.15, -0.1) is 5.11 Å². The van der Waals surface area contributed by atoms with E-state index in [1.807, 2.05) is 7.05 Å². The van der Waals surface area contributed by atoms with Crippen LogP contribution in [-0.4, -0.2) is 36.9 Å². The van der Waals surface area contributed by atoms with Crippen LogP contribution in [0.3, 0.4) is 0 Å². The summed E-state index contributed by atoms with van der Waals surface area (Å²) in [7, 11) is 3.48. The summed E-state index contributed by atoms with van der Waals surface area (Å²) in [5, 5.41) is 8.12. The molecule has 1 rings (SSSR count). The van der Waals surface area contributed by atoms with Crippen molar-refractivity contribution in [3.63, 3.8) is 0 Å². The SMILES string of the molecule is COCC1N=NC(=S)N1C. The Morgan fingerprint density at radius 2 is 2.50 bits per heavy atom. The van der Waals surface area contributed by atoms with Gasteiger partial charge in [-0.1, -0.05) is 0 Å². The topological polar surface area (TPSA) is 37.2 Å². The second-order valence-corrected chi connectivity index (χ2v) is 2.41. The first kappa shape index (κ1) is 7.56. The summed E-state index contributed by atoms with van der Waals surface area (Å²) in [6.07, 6.45) is -0.0162. The van der Waals surface area contributed by atoms with Crippen molar-refractivity contribution in [2.24, 2.45) is 10.2 Å². The number of likely N-dealkylation sites (N-methyl/N-ethyl adjacent to an activating group) is 1. The summed E-state index contributed by atoms with van der Waals surface area (Å²) >= 11 is 4.84. The van der Waals surface area contributed by atoms with E-state index in [9.17, 15) is 0 Å². The van der Waals surface area contributed by atoms with Crippen LogP contribution in [-0.2, 0) is 4.74 Å². The van der Waals surface area contributed by atoms with Gasteiger partial charge in [0, 0.05) is 14.2 Å². The van der Waals surface area contributed by atoms with E-state index >= 15 is 0 Å². The monoisotopic (exact) mass is 159 g/mol. The third-order valence-electron chi connectivity index (χ3n) is 1.34. The van der Waals surface area contributed by atoms with Crippen molar-refractivity contribution in [3.8, 4) is 0 Å². The zero-order valence-electron chi connectivity index (χ0n) is 5.94. The van der Waals surface area contributed by atoms with Crippen LogP contribution >= 0.6 is 12.2 Å². The van der Waals surface area contributed by atoms with E-state index in [-0.39, 0.29) is 6.17 Å². The Kier molecular flexibility index (Phi) is 2.29. The summed E-state index contributed by atoms with van der Waals surface area (Å²) in [4.78, 5) is 1.80. The molecule has 1 aliphatic heterocycles. The Balaban J connectivity index is 2.49. The first-order valence-electron chi connectivity index (χ1n) is 2.92. The normalized spacial score (nSPS) is 24.4. The first-order valence-corrected chi connectivity index (χ1v) is 3.33. The van der Waals surface area contributed by atoms with Crippen molar-refractivity contribution in [2.45, 2.75) is 6.17 Å². The number of hydrogen-bond donors (Lipinski definition) is 0. The van der Waals surface area contributed by atoms with Gasteiger partial charge in [-0.25, -0.2) is 0 Å². The highest BCUT2D eigenvalue weighted by atomic mass is 32.1.